The number of carbonyl (C=O) groups excluding carboxylic acids is 1. The first-order valence-corrected chi connectivity index (χ1v) is 6.15. The minimum absolute atomic E-state index is 0.157. The average molecular weight is 326 g/mol. The highest BCUT2D eigenvalue weighted by atomic mass is 19.4. The number of anilines is 1. The first kappa shape index (κ1) is 16.3. The van der Waals surface area contributed by atoms with E-state index in [0.29, 0.717) is 6.07 Å². The van der Waals surface area contributed by atoms with Gasteiger partial charge >= 0.3 is 11.9 Å². The standard InChI is InChI=1S/C14H9F3N2O4/c15-14(16,17)8-3-1-4-9(7-8)18-13(21)10-5-2-6-11(12(10)20)19(22)23/h1-7,20H,(H,18,21). The van der Waals surface area contributed by atoms with E-state index in [1.165, 1.54) is 12.1 Å². The summed E-state index contributed by atoms with van der Waals surface area (Å²) in [6.45, 7) is 0. The van der Waals surface area contributed by atoms with Gasteiger partial charge in [-0.05, 0) is 24.3 Å². The Labute approximate surface area is 127 Å². The lowest BCUT2D eigenvalue weighted by Crippen LogP contribution is -2.13. The number of nitrogens with zero attached hydrogens (tertiary/aromatic N) is 1. The molecule has 120 valence electrons. The number of halogens is 3. The minimum Gasteiger partial charge on any atom is -0.502 e. The van der Waals surface area contributed by atoms with Gasteiger partial charge in [0.05, 0.1) is 16.1 Å². The lowest BCUT2D eigenvalue weighted by molar-refractivity contribution is -0.385. The number of hydrogen-bond donors (Lipinski definition) is 2. The maximum atomic E-state index is 12.6. The molecule has 0 aliphatic rings. The summed E-state index contributed by atoms with van der Waals surface area (Å²) < 4.78 is 37.8. The molecule has 0 heterocycles. The molecule has 0 aliphatic heterocycles. The van der Waals surface area contributed by atoms with Crippen molar-refractivity contribution in [1.82, 2.24) is 0 Å². The van der Waals surface area contributed by atoms with Crippen LogP contribution in [0.1, 0.15) is 15.9 Å². The largest absolute Gasteiger partial charge is 0.502 e. The normalized spacial score (nSPS) is 11.1. The summed E-state index contributed by atoms with van der Waals surface area (Å²) in [4.78, 5) is 21.8. The number of nitrogens with one attached hydrogen (secondary N) is 1. The van der Waals surface area contributed by atoms with Crippen LogP contribution in [0.4, 0.5) is 24.5 Å². The van der Waals surface area contributed by atoms with Gasteiger partial charge in [-0.15, -0.1) is 0 Å². The van der Waals surface area contributed by atoms with Crippen molar-refractivity contribution in [3.8, 4) is 5.75 Å². The van der Waals surface area contributed by atoms with E-state index < -0.39 is 39.6 Å². The van der Waals surface area contributed by atoms with Crippen LogP contribution in [-0.4, -0.2) is 15.9 Å². The van der Waals surface area contributed by atoms with Crippen LogP contribution in [0.25, 0.3) is 0 Å². The van der Waals surface area contributed by atoms with Gasteiger partial charge in [0.2, 0.25) is 5.75 Å². The molecule has 0 aliphatic carbocycles. The summed E-state index contributed by atoms with van der Waals surface area (Å²) in [5.74, 6) is -1.83. The monoisotopic (exact) mass is 326 g/mol. The fourth-order valence-corrected chi connectivity index (χ4v) is 1.83. The molecular weight excluding hydrogens is 317 g/mol. The molecule has 0 bridgehead atoms. The second-order valence-electron chi connectivity index (χ2n) is 4.46. The second-order valence-corrected chi connectivity index (χ2v) is 4.46. The van der Waals surface area contributed by atoms with Crippen molar-refractivity contribution in [2.45, 2.75) is 6.18 Å². The Morgan fingerprint density at radius 1 is 1.17 bits per heavy atom. The molecule has 0 saturated heterocycles. The van der Waals surface area contributed by atoms with E-state index in [1.54, 1.807) is 0 Å². The van der Waals surface area contributed by atoms with Gasteiger partial charge in [0, 0.05) is 11.8 Å². The molecule has 2 aromatic carbocycles. The zero-order chi connectivity index (χ0) is 17.2. The molecule has 1 amide bonds. The average Bonchev–Trinajstić information content (AvgIpc) is 2.46. The quantitative estimate of drug-likeness (QED) is 0.666. The minimum atomic E-state index is -4.57. The number of rotatable bonds is 3. The van der Waals surface area contributed by atoms with E-state index in [4.69, 9.17) is 0 Å². The fourth-order valence-electron chi connectivity index (χ4n) is 1.83. The second kappa shape index (κ2) is 5.95. The van der Waals surface area contributed by atoms with Gasteiger partial charge < -0.3 is 10.4 Å². The van der Waals surface area contributed by atoms with Crippen LogP contribution < -0.4 is 5.32 Å². The molecule has 6 nitrogen and oxygen atoms in total. The number of phenolic OH excluding ortho intramolecular Hbond substituents is 1. The number of para-hydroxylation sites is 1. The SMILES string of the molecule is O=C(Nc1cccc(C(F)(F)F)c1)c1cccc([N+](=O)[O-])c1O. The number of nitro benzene ring substituents is 1. The summed E-state index contributed by atoms with van der Waals surface area (Å²) in [7, 11) is 0. The lowest BCUT2D eigenvalue weighted by Gasteiger charge is -2.10. The fraction of sp³-hybridized carbons (Fsp3) is 0.0714. The van der Waals surface area contributed by atoms with Gasteiger partial charge in [0.15, 0.2) is 0 Å². The van der Waals surface area contributed by atoms with E-state index >= 15 is 0 Å². The molecule has 23 heavy (non-hydrogen) atoms. The molecule has 0 aromatic heterocycles. The molecule has 0 unspecified atom stereocenters. The third-order valence-corrected chi connectivity index (χ3v) is 2.90. The number of phenols is 1. The Balaban J connectivity index is 2.30. The third-order valence-electron chi connectivity index (χ3n) is 2.90. The first-order chi connectivity index (χ1) is 10.7. The van der Waals surface area contributed by atoms with Gasteiger partial charge in [-0.25, -0.2) is 0 Å². The molecule has 0 saturated carbocycles. The topological polar surface area (TPSA) is 92.5 Å². The van der Waals surface area contributed by atoms with Gasteiger partial charge in [-0.2, -0.15) is 13.2 Å². The van der Waals surface area contributed by atoms with Crippen molar-refractivity contribution in [2.75, 3.05) is 5.32 Å². The zero-order valence-corrected chi connectivity index (χ0v) is 11.3. The molecule has 9 heteroatoms. The van der Waals surface area contributed by atoms with Crippen LogP contribution in [-0.2, 0) is 6.18 Å². The van der Waals surface area contributed by atoms with Crippen molar-refractivity contribution in [3.05, 3.63) is 63.7 Å². The molecule has 0 fully saturated rings. The van der Waals surface area contributed by atoms with Gasteiger partial charge in [-0.3, -0.25) is 14.9 Å². The van der Waals surface area contributed by atoms with E-state index in [0.717, 1.165) is 24.3 Å². The van der Waals surface area contributed by atoms with Crippen molar-refractivity contribution in [2.24, 2.45) is 0 Å². The Morgan fingerprint density at radius 2 is 1.83 bits per heavy atom. The van der Waals surface area contributed by atoms with Crippen molar-refractivity contribution < 1.29 is 28.0 Å². The van der Waals surface area contributed by atoms with Crippen LogP contribution in [0, 0.1) is 10.1 Å². The van der Waals surface area contributed by atoms with Crippen LogP contribution in [0.15, 0.2) is 42.5 Å². The van der Waals surface area contributed by atoms with Crippen LogP contribution in [0.5, 0.6) is 5.75 Å². The smallest absolute Gasteiger partial charge is 0.416 e. The predicted octanol–water partition coefficient (Wildman–Crippen LogP) is 3.57. The predicted molar refractivity (Wildman–Crippen MR) is 74.2 cm³/mol. The molecule has 0 radical (unpaired) electrons. The number of aromatic hydroxyl groups is 1. The van der Waals surface area contributed by atoms with Crippen molar-refractivity contribution in [3.63, 3.8) is 0 Å². The van der Waals surface area contributed by atoms with Crippen LogP contribution in [0.3, 0.4) is 0 Å². The third kappa shape index (κ3) is 3.57. The molecule has 0 atom stereocenters. The summed E-state index contributed by atoms with van der Waals surface area (Å²) in [5.41, 5.74) is -2.22. The number of nitro groups is 1. The van der Waals surface area contributed by atoms with Gasteiger partial charge in [0.1, 0.15) is 0 Å². The van der Waals surface area contributed by atoms with Gasteiger partial charge in [0.25, 0.3) is 5.91 Å². The van der Waals surface area contributed by atoms with E-state index in [-0.39, 0.29) is 5.69 Å². The highest BCUT2D eigenvalue weighted by Gasteiger charge is 2.30. The van der Waals surface area contributed by atoms with Crippen LogP contribution >= 0.6 is 0 Å². The molecule has 2 N–H and O–H groups in total. The number of amides is 1. The molecule has 0 spiro atoms. The highest BCUT2D eigenvalue weighted by molar-refractivity contribution is 6.06. The van der Waals surface area contributed by atoms with E-state index in [2.05, 4.69) is 5.32 Å². The number of benzene rings is 2. The first-order valence-electron chi connectivity index (χ1n) is 6.15. The maximum absolute atomic E-state index is 12.6. The Morgan fingerprint density at radius 3 is 2.43 bits per heavy atom. The molecule has 2 aromatic rings. The molecular formula is C14H9F3N2O4. The maximum Gasteiger partial charge on any atom is 0.416 e. The van der Waals surface area contributed by atoms with Crippen LogP contribution in [0.2, 0.25) is 0 Å². The van der Waals surface area contributed by atoms with E-state index in [9.17, 15) is 33.2 Å². The number of alkyl halides is 3. The molecule has 2 rings (SSSR count). The van der Waals surface area contributed by atoms with E-state index in [1.807, 2.05) is 0 Å². The lowest BCUT2D eigenvalue weighted by atomic mass is 10.1. The summed E-state index contributed by atoms with van der Waals surface area (Å²) in [6.07, 6.45) is -4.57. The highest BCUT2D eigenvalue weighted by Crippen LogP contribution is 2.32. The van der Waals surface area contributed by atoms with Gasteiger partial charge in [-0.1, -0.05) is 12.1 Å². The number of hydrogen-bond acceptors (Lipinski definition) is 4. The Kier molecular flexibility index (Phi) is 4.21. The summed E-state index contributed by atoms with van der Waals surface area (Å²) in [5, 5.41) is 22.6. The Hall–Kier alpha value is -3.10. The van der Waals surface area contributed by atoms with Crippen molar-refractivity contribution >= 4 is 17.3 Å². The zero-order valence-electron chi connectivity index (χ0n) is 11.3. The summed E-state index contributed by atoms with van der Waals surface area (Å²) >= 11 is 0. The summed E-state index contributed by atoms with van der Waals surface area (Å²) in [6, 6.07) is 7.17. The van der Waals surface area contributed by atoms with Crippen molar-refractivity contribution in [1.29, 1.82) is 0 Å². The Bertz CT molecular complexity index is 775. The number of carbonyl (C=O) groups is 1.